The number of rotatable bonds is 23. The van der Waals surface area contributed by atoms with E-state index >= 15 is 0 Å². The van der Waals surface area contributed by atoms with E-state index in [1.165, 1.54) is 0 Å². The number of carbonyl (C=O) groups is 2. The van der Waals surface area contributed by atoms with Crippen LogP contribution in [0.25, 0.3) is 0 Å². The molecule has 44 heavy (non-hydrogen) atoms. The first kappa shape index (κ1) is 42.0. The van der Waals surface area contributed by atoms with Crippen molar-refractivity contribution in [1.29, 1.82) is 0 Å². The van der Waals surface area contributed by atoms with Crippen LogP contribution in [0.2, 0.25) is 0 Å². The van der Waals surface area contributed by atoms with E-state index in [4.69, 9.17) is 29.4 Å². The van der Waals surface area contributed by atoms with Gasteiger partial charge < -0.3 is 40.1 Å². The van der Waals surface area contributed by atoms with Crippen molar-refractivity contribution in [2.75, 3.05) is 72.5 Å². The Labute approximate surface area is 273 Å². The smallest absolute Gasteiger partial charge is 0.251 e. The minimum Gasteiger partial charge on any atom is -0.490 e. The summed E-state index contributed by atoms with van der Waals surface area (Å²) in [5.41, 5.74) is 5.82. The molecular weight excluding hydrogens is 603 g/mol. The van der Waals surface area contributed by atoms with Gasteiger partial charge in [0.25, 0.3) is 5.91 Å². The molecule has 1 rings (SSSR count). The number of hydrogen-bond donors (Lipinski definition) is 3. The predicted octanol–water partition coefficient (Wildman–Crippen LogP) is 4.52. The lowest BCUT2D eigenvalue weighted by Crippen LogP contribution is -2.29. The lowest BCUT2D eigenvalue weighted by Gasteiger charge is -2.22. The van der Waals surface area contributed by atoms with Gasteiger partial charge in [-0.1, -0.05) is 87.5 Å². The fourth-order valence-electron chi connectivity index (χ4n) is 2.85. The number of nitrogens with one attached hydrogen (secondary N) is 2. The molecule has 0 fully saturated rings. The van der Waals surface area contributed by atoms with E-state index in [2.05, 4.69) is 50.2 Å². The molecule has 1 aromatic carbocycles. The van der Waals surface area contributed by atoms with E-state index in [1.54, 1.807) is 39.8 Å². The molecule has 0 aliphatic carbocycles. The fourth-order valence-corrected chi connectivity index (χ4v) is 5.04. The van der Waals surface area contributed by atoms with Gasteiger partial charge in [0, 0.05) is 42.5 Å². The molecule has 0 radical (unpaired) electrons. The second-order valence-corrected chi connectivity index (χ2v) is 13.8. The molecule has 12 heteroatoms. The summed E-state index contributed by atoms with van der Waals surface area (Å²) in [4.78, 5) is 21.9. The molecule has 1 atom stereocenters. The van der Waals surface area contributed by atoms with Crippen LogP contribution in [0, 0.1) is 17.8 Å². The van der Waals surface area contributed by atoms with Crippen molar-refractivity contribution in [3.05, 3.63) is 29.8 Å². The van der Waals surface area contributed by atoms with Crippen LogP contribution in [0.1, 0.15) is 64.7 Å². The van der Waals surface area contributed by atoms with Crippen molar-refractivity contribution in [2.45, 2.75) is 64.6 Å². The first-order valence-electron chi connectivity index (χ1n) is 15.2. The summed E-state index contributed by atoms with van der Waals surface area (Å²) in [6, 6.07) is 7.11. The largest absolute Gasteiger partial charge is 0.490 e. The number of carbonyl (C=O) groups excluding carboxylic acids is 2. The number of nitrogens with two attached hydrogens (primary N) is 1. The van der Waals surface area contributed by atoms with E-state index < -0.39 is 0 Å². The minimum atomic E-state index is -0.168. The molecule has 0 aliphatic heterocycles. The van der Waals surface area contributed by atoms with Crippen LogP contribution >= 0.6 is 21.6 Å². The Morgan fingerprint density at radius 3 is 2.43 bits per heavy atom. The molecule has 0 saturated carbocycles. The average Bonchev–Trinajstić information content (AvgIpc) is 2.99. The maximum atomic E-state index is 12.1. The standard InChI is InChI=1S/C23H40N2O5S2.C9H15NO2/c1-5-6-12-27-13-14-28-15-16-29-21(31-32-23(2,3)4)18-30-20-9-7-8-19(17-20)22(26)25-11-10-24;1-9(2)4-3-6-12-7-5-10-8-11/h7-9,17,21H,5-6,10-16,18,24H2,1-4H3,(H,25,26);8-9H,5-7H2,1-2H3,(H,10,11). The molecule has 1 unspecified atom stereocenters. The first-order chi connectivity index (χ1) is 21.1. The van der Waals surface area contributed by atoms with Crippen LogP contribution < -0.4 is 21.1 Å². The highest BCUT2D eigenvalue weighted by Gasteiger charge is 2.18. The third kappa shape index (κ3) is 27.6. The summed E-state index contributed by atoms with van der Waals surface area (Å²) in [5.74, 6) is 6.70. The monoisotopic (exact) mass is 657 g/mol. The van der Waals surface area contributed by atoms with Gasteiger partial charge in [-0.2, -0.15) is 0 Å². The Kier molecular flexibility index (Phi) is 27.2. The third-order valence-electron chi connectivity index (χ3n) is 4.90. The van der Waals surface area contributed by atoms with Crippen LogP contribution in [0.15, 0.2) is 24.3 Å². The zero-order valence-electron chi connectivity index (χ0n) is 27.5. The normalized spacial score (nSPS) is 11.5. The Morgan fingerprint density at radius 2 is 1.77 bits per heavy atom. The Hall–Kier alpha value is -1.98. The van der Waals surface area contributed by atoms with Gasteiger partial charge in [0.15, 0.2) is 0 Å². The number of unbranched alkanes of at least 4 members (excludes halogenated alkanes) is 1. The van der Waals surface area contributed by atoms with Crippen molar-refractivity contribution >= 4 is 33.9 Å². The zero-order valence-corrected chi connectivity index (χ0v) is 29.1. The maximum Gasteiger partial charge on any atom is 0.251 e. The summed E-state index contributed by atoms with van der Waals surface area (Å²) in [6.45, 7) is 18.3. The molecule has 0 aliphatic rings. The van der Waals surface area contributed by atoms with E-state index in [0.29, 0.717) is 89.5 Å². The molecule has 252 valence electrons. The Balaban J connectivity index is 0.00000129. The van der Waals surface area contributed by atoms with Crippen LogP contribution in [-0.2, 0) is 23.7 Å². The first-order valence-corrected chi connectivity index (χ1v) is 17.4. The van der Waals surface area contributed by atoms with Gasteiger partial charge in [0.2, 0.25) is 6.41 Å². The number of ether oxygens (including phenoxy) is 5. The predicted molar refractivity (Wildman–Crippen MR) is 182 cm³/mol. The van der Waals surface area contributed by atoms with Crippen LogP contribution in [-0.4, -0.2) is 95.0 Å². The molecule has 1 aromatic rings. The molecule has 10 nitrogen and oxygen atoms in total. The Bertz CT molecular complexity index is 921. The summed E-state index contributed by atoms with van der Waals surface area (Å²) in [6.07, 6.45) is 2.87. The molecule has 4 N–H and O–H groups in total. The van der Waals surface area contributed by atoms with Crippen molar-refractivity contribution in [1.82, 2.24) is 10.6 Å². The summed E-state index contributed by atoms with van der Waals surface area (Å²) in [5, 5.41) is 5.26. The van der Waals surface area contributed by atoms with Gasteiger partial charge in [0.05, 0.1) is 33.0 Å². The average molecular weight is 658 g/mol. The highest BCUT2D eigenvalue weighted by atomic mass is 33.1. The maximum absolute atomic E-state index is 12.1. The van der Waals surface area contributed by atoms with Crippen molar-refractivity contribution in [3.63, 3.8) is 0 Å². The molecule has 0 aromatic heterocycles. The van der Waals surface area contributed by atoms with E-state index in [1.807, 2.05) is 19.9 Å². The van der Waals surface area contributed by atoms with Gasteiger partial charge >= 0.3 is 0 Å². The highest BCUT2D eigenvalue weighted by molar-refractivity contribution is 8.77. The molecule has 0 bridgehead atoms. The number of benzene rings is 1. The van der Waals surface area contributed by atoms with Crippen molar-refractivity contribution in [2.24, 2.45) is 11.7 Å². The Morgan fingerprint density at radius 1 is 1.05 bits per heavy atom. The van der Waals surface area contributed by atoms with E-state index in [9.17, 15) is 9.59 Å². The van der Waals surface area contributed by atoms with Crippen molar-refractivity contribution in [3.8, 4) is 17.6 Å². The molecule has 0 heterocycles. The summed E-state index contributed by atoms with van der Waals surface area (Å²) < 4.78 is 28.2. The second-order valence-electron chi connectivity index (χ2n) is 10.7. The van der Waals surface area contributed by atoms with Crippen LogP contribution in [0.3, 0.4) is 0 Å². The quantitative estimate of drug-likeness (QED) is 0.0508. The van der Waals surface area contributed by atoms with Gasteiger partial charge in [0.1, 0.15) is 24.4 Å². The molecule has 0 saturated heterocycles. The van der Waals surface area contributed by atoms with Gasteiger partial charge in [-0.15, -0.1) is 0 Å². The molecule has 2 amide bonds. The van der Waals surface area contributed by atoms with Gasteiger partial charge in [-0.25, -0.2) is 0 Å². The van der Waals surface area contributed by atoms with Crippen molar-refractivity contribution < 1.29 is 33.3 Å². The second kappa shape index (κ2) is 28.5. The lowest BCUT2D eigenvalue weighted by atomic mass is 10.2. The summed E-state index contributed by atoms with van der Waals surface area (Å²) in [7, 11) is 3.39. The molecule has 0 spiro atoms. The highest BCUT2D eigenvalue weighted by Crippen LogP contribution is 2.38. The minimum absolute atomic E-state index is 0.0968. The third-order valence-corrected chi connectivity index (χ3v) is 8.42. The summed E-state index contributed by atoms with van der Waals surface area (Å²) >= 11 is 0. The van der Waals surface area contributed by atoms with Gasteiger partial charge in [-0.3, -0.25) is 9.59 Å². The van der Waals surface area contributed by atoms with Gasteiger partial charge in [-0.05, 0) is 24.6 Å². The molecular formula is C32H55N3O7S2. The topological polar surface area (TPSA) is 130 Å². The van der Waals surface area contributed by atoms with Crippen LogP contribution in [0.4, 0.5) is 0 Å². The SMILES string of the molecule is CC(C)C#CCOCCNC=O.CCCCOCCOCCOC(COc1cccc(C(=O)NCCN)c1)SSC(C)(C)C. The zero-order chi connectivity index (χ0) is 32.9. The van der Waals surface area contributed by atoms with Crippen LogP contribution in [0.5, 0.6) is 5.75 Å². The number of amides is 2. The van der Waals surface area contributed by atoms with E-state index in [-0.39, 0.29) is 16.1 Å². The number of hydrogen-bond acceptors (Lipinski definition) is 10. The van der Waals surface area contributed by atoms with E-state index in [0.717, 1.165) is 19.4 Å². The lowest BCUT2D eigenvalue weighted by molar-refractivity contribution is -0.109. The fraction of sp³-hybridized carbons (Fsp3) is 0.688.